The molecule has 0 saturated heterocycles. The van der Waals surface area contributed by atoms with Crippen LogP contribution in [0.5, 0.6) is 5.75 Å². The number of hydrogen-bond acceptors (Lipinski definition) is 4. The Kier molecular flexibility index (Phi) is 6.93. The number of aliphatic hydroxyl groups excluding tert-OH is 1. The van der Waals surface area contributed by atoms with Gasteiger partial charge in [-0.25, -0.2) is 9.38 Å². The summed E-state index contributed by atoms with van der Waals surface area (Å²) in [5.41, 5.74) is 4.07. The van der Waals surface area contributed by atoms with Gasteiger partial charge in [0.05, 0.1) is 24.9 Å². The van der Waals surface area contributed by atoms with Crippen molar-refractivity contribution in [3.8, 4) is 5.75 Å². The van der Waals surface area contributed by atoms with Gasteiger partial charge < -0.3 is 20.1 Å². The van der Waals surface area contributed by atoms with Crippen LogP contribution < -0.4 is 10.1 Å². The molecule has 7 heteroatoms. The van der Waals surface area contributed by atoms with Crippen LogP contribution in [-0.4, -0.2) is 42.0 Å². The average molecular weight is 462 g/mol. The largest absolute Gasteiger partial charge is 0.497 e. The first-order valence-corrected chi connectivity index (χ1v) is 11.1. The lowest BCUT2D eigenvalue weighted by atomic mass is 10.1. The molecule has 2 N–H and O–H groups in total. The molecule has 34 heavy (non-hydrogen) atoms. The number of amides is 1. The van der Waals surface area contributed by atoms with E-state index in [1.54, 1.807) is 43.5 Å². The number of carbonyl (C=O) groups is 1. The van der Waals surface area contributed by atoms with E-state index in [-0.39, 0.29) is 11.7 Å². The fourth-order valence-electron chi connectivity index (χ4n) is 4.07. The summed E-state index contributed by atoms with van der Waals surface area (Å²) in [5, 5.41) is 13.6. The van der Waals surface area contributed by atoms with Crippen molar-refractivity contribution in [3.05, 3.63) is 94.8 Å². The van der Waals surface area contributed by atoms with E-state index in [2.05, 4.69) is 5.32 Å². The summed E-state index contributed by atoms with van der Waals surface area (Å²) in [7, 11) is 3.50. The molecule has 0 spiro atoms. The first kappa shape index (κ1) is 23.4. The van der Waals surface area contributed by atoms with Crippen molar-refractivity contribution in [1.29, 1.82) is 0 Å². The third kappa shape index (κ3) is 5.26. The molecule has 0 aromatic heterocycles. The molecule has 0 radical (unpaired) electrons. The highest BCUT2D eigenvalue weighted by Gasteiger charge is 2.32. The Morgan fingerprint density at radius 2 is 1.85 bits per heavy atom. The molecule has 176 valence electrons. The van der Waals surface area contributed by atoms with Crippen LogP contribution in [0.2, 0.25) is 0 Å². The Morgan fingerprint density at radius 1 is 1.15 bits per heavy atom. The van der Waals surface area contributed by atoms with Crippen molar-refractivity contribution in [2.45, 2.75) is 32.0 Å². The third-order valence-electron chi connectivity index (χ3n) is 6.09. The van der Waals surface area contributed by atoms with Crippen LogP contribution in [0.25, 0.3) is 0 Å². The van der Waals surface area contributed by atoms with Gasteiger partial charge in [-0.2, -0.15) is 0 Å². The number of amidine groups is 1. The smallest absolute Gasteiger partial charge is 0.251 e. The van der Waals surface area contributed by atoms with Crippen LogP contribution in [0.15, 0.2) is 71.7 Å². The van der Waals surface area contributed by atoms with E-state index in [4.69, 9.17) is 9.73 Å². The molecule has 4 rings (SSSR count). The first-order valence-electron chi connectivity index (χ1n) is 11.1. The predicted molar refractivity (Wildman–Crippen MR) is 130 cm³/mol. The summed E-state index contributed by atoms with van der Waals surface area (Å²) in [6.07, 6.45) is -0.241. The van der Waals surface area contributed by atoms with Gasteiger partial charge in [0.15, 0.2) is 0 Å². The van der Waals surface area contributed by atoms with E-state index in [9.17, 15) is 14.3 Å². The number of aliphatic imine (C=N–C) groups is 1. The number of benzene rings is 3. The van der Waals surface area contributed by atoms with Crippen molar-refractivity contribution < 1.29 is 19.0 Å². The number of halogens is 1. The van der Waals surface area contributed by atoms with Gasteiger partial charge in [-0.05, 0) is 72.1 Å². The molecule has 0 bridgehead atoms. The zero-order valence-electron chi connectivity index (χ0n) is 19.5. The highest BCUT2D eigenvalue weighted by Crippen LogP contribution is 2.34. The fraction of sp³-hybridized carbons (Fsp3) is 0.259. The zero-order chi connectivity index (χ0) is 24.2. The molecule has 3 aromatic carbocycles. The van der Waals surface area contributed by atoms with Crippen LogP contribution in [-0.2, 0) is 13.0 Å². The van der Waals surface area contributed by atoms with Gasteiger partial charge in [-0.15, -0.1) is 0 Å². The Morgan fingerprint density at radius 3 is 2.53 bits per heavy atom. The number of rotatable bonds is 6. The number of carbonyl (C=O) groups excluding carboxylic acids is 1. The first-order chi connectivity index (χ1) is 16.3. The molecule has 0 unspecified atom stereocenters. The fourth-order valence-corrected chi connectivity index (χ4v) is 4.07. The highest BCUT2D eigenvalue weighted by atomic mass is 19.1. The maximum Gasteiger partial charge on any atom is 0.251 e. The topological polar surface area (TPSA) is 74.2 Å². The minimum Gasteiger partial charge on any atom is -0.497 e. The molecule has 6 nitrogen and oxygen atoms in total. The lowest BCUT2D eigenvalue weighted by Crippen LogP contribution is -2.33. The SMILES string of the molecule is COc1ccc(C(=O)N[C@@H]2c3cc(N=C(C)N(C)Cc4ccc(F)cc4)ccc3C[C@H]2O)cc1. The van der Waals surface area contributed by atoms with Gasteiger partial charge in [-0.3, -0.25) is 4.79 Å². The second kappa shape index (κ2) is 10.1. The number of fused-ring (bicyclic) bond motifs is 1. The molecule has 0 saturated carbocycles. The van der Waals surface area contributed by atoms with Gasteiger partial charge in [0.25, 0.3) is 5.91 Å². The molecule has 2 atom stereocenters. The van der Waals surface area contributed by atoms with Crippen molar-refractivity contribution in [2.24, 2.45) is 4.99 Å². The Bertz CT molecular complexity index is 1190. The summed E-state index contributed by atoms with van der Waals surface area (Å²) < 4.78 is 18.3. The third-order valence-corrected chi connectivity index (χ3v) is 6.09. The maximum absolute atomic E-state index is 13.2. The molecule has 3 aromatic rings. The molecular weight excluding hydrogens is 433 g/mol. The normalized spacial score (nSPS) is 17.3. The van der Waals surface area contributed by atoms with Crippen molar-refractivity contribution in [3.63, 3.8) is 0 Å². The summed E-state index contributed by atoms with van der Waals surface area (Å²) in [5.74, 6) is 0.945. The van der Waals surface area contributed by atoms with E-state index in [1.165, 1.54) is 12.1 Å². The predicted octanol–water partition coefficient (Wildman–Crippen LogP) is 4.40. The van der Waals surface area contributed by atoms with Gasteiger partial charge in [0, 0.05) is 25.6 Å². The monoisotopic (exact) mass is 461 g/mol. The van der Waals surface area contributed by atoms with Crippen molar-refractivity contribution >= 4 is 17.4 Å². The van der Waals surface area contributed by atoms with Crippen LogP contribution in [0, 0.1) is 5.82 Å². The van der Waals surface area contributed by atoms with Crippen LogP contribution in [0.1, 0.15) is 40.0 Å². The summed E-state index contributed by atoms with van der Waals surface area (Å²) >= 11 is 0. The highest BCUT2D eigenvalue weighted by molar-refractivity contribution is 5.94. The number of nitrogens with one attached hydrogen (secondary N) is 1. The second-order valence-corrected chi connectivity index (χ2v) is 8.48. The van der Waals surface area contributed by atoms with Gasteiger partial charge >= 0.3 is 0 Å². The van der Waals surface area contributed by atoms with E-state index in [0.29, 0.717) is 24.3 Å². The molecule has 1 aliphatic rings. The Labute approximate surface area is 198 Å². The molecular formula is C27H28FN3O3. The van der Waals surface area contributed by atoms with E-state index >= 15 is 0 Å². The van der Waals surface area contributed by atoms with Crippen LogP contribution >= 0.6 is 0 Å². The Hall–Kier alpha value is -3.71. The van der Waals surface area contributed by atoms with Crippen molar-refractivity contribution in [1.82, 2.24) is 10.2 Å². The maximum atomic E-state index is 13.2. The van der Waals surface area contributed by atoms with Crippen molar-refractivity contribution in [2.75, 3.05) is 14.2 Å². The van der Waals surface area contributed by atoms with E-state index < -0.39 is 12.1 Å². The molecule has 1 aliphatic carbocycles. The van der Waals surface area contributed by atoms with E-state index in [0.717, 1.165) is 28.2 Å². The van der Waals surface area contributed by atoms with E-state index in [1.807, 2.05) is 37.1 Å². The van der Waals surface area contributed by atoms with Gasteiger partial charge in [0.1, 0.15) is 17.4 Å². The standard InChI is InChI=1S/C27H28FN3O3/c1-17(31(2)16-18-4-9-21(28)10-5-18)29-22-11-6-20-14-25(32)26(24(20)15-22)30-27(33)19-7-12-23(34-3)13-8-19/h4-13,15,25-26,32H,14,16H2,1-3H3,(H,30,33)/t25-,26-/m1/s1. The Balaban J connectivity index is 1.49. The zero-order valence-corrected chi connectivity index (χ0v) is 19.5. The number of nitrogens with zero attached hydrogens (tertiary/aromatic N) is 2. The minimum absolute atomic E-state index is 0.259. The lowest BCUT2D eigenvalue weighted by molar-refractivity contribution is 0.0858. The summed E-state index contributed by atoms with van der Waals surface area (Å²) in [6, 6.07) is 18.5. The van der Waals surface area contributed by atoms with Crippen LogP contribution in [0.4, 0.5) is 10.1 Å². The molecule has 0 fully saturated rings. The summed E-state index contributed by atoms with van der Waals surface area (Å²) in [4.78, 5) is 19.5. The molecule has 1 amide bonds. The van der Waals surface area contributed by atoms with Gasteiger partial charge in [0.2, 0.25) is 0 Å². The van der Waals surface area contributed by atoms with Crippen LogP contribution in [0.3, 0.4) is 0 Å². The number of hydrogen-bond donors (Lipinski definition) is 2. The summed E-state index contributed by atoms with van der Waals surface area (Å²) in [6.45, 7) is 2.51. The molecule has 0 aliphatic heterocycles. The average Bonchev–Trinajstić information content (AvgIpc) is 3.14. The number of ether oxygens (including phenoxy) is 1. The number of aliphatic hydroxyl groups is 1. The molecule has 0 heterocycles. The lowest BCUT2D eigenvalue weighted by Gasteiger charge is -2.20. The minimum atomic E-state index is -0.710. The second-order valence-electron chi connectivity index (χ2n) is 8.48. The number of methoxy groups -OCH3 is 1. The van der Waals surface area contributed by atoms with Gasteiger partial charge in [-0.1, -0.05) is 18.2 Å². The quantitative estimate of drug-likeness (QED) is 0.421.